The molecule has 0 saturated heterocycles. The molecule has 1 aromatic rings. The van der Waals surface area contributed by atoms with Crippen molar-refractivity contribution in [2.24, 2.45) is 0 Å². The molecule has 0 aliphatic carbocycles. The molecule has 1 aromatic carbocycles. The second-order valence-corrected chi connectivity index (χ2v) is 3.25. The summed E-state index contributed by atoms with van der Waals surface area (Å²) in [5.74, 6) is -4.85. The molecule has 0 aliphatic rings. The van der Waals surface area contributed by atoms with Crippen LogP contribution in [0.5, 0.6) is 0 Å². The summed E-state index contributed by atoms with van der Waals surface area (Å²) in [7, 11) is 0. The summed E-state index contributed by atoms with van der Waals surface area (Å²) in [4.78, 5) is 43.6. The van der Waals surface area contributed by atoms with Crippen LogP contribution in [0.25, 0.3) is 0 Å². The van der Waals surface area contributed by atoms with Crippen molar-refractivity contribution in [2.75, 3.05) is 0 Å². The van der Waals surface area contributed by atoms with Crippen LogP contribution in [0.4, 0.5) is 0 Å². The summed E-state index contributed by atoms with van der Waals surface area (Å²) in [6, 6.07) is 2.85. The third kappa shape index (κ3) is 2.91. The molecule has 18 heavy (non-hydrogen) atoms. The molecule has 0 bridgehead atoms. The Morgan fingerprint density at radius 3 is 2.06 bits per heavy atom. The number of carbonyl (C=O) groups excluding carboxylic acids is 2. The van der Waals surface area contributed by atoms with Crippen molar-refractivity contribution in [2.45, 2.75) is 6.92 Å². The molecule has 0 heterocycles. The lowest BCUT2D eigenvalue weighted by molar-refractivity contribution is -0.135. The van der Waals surface area contributed by atoms with Crippen molar-refractivity contribution in [1.82, 2.24) is 0 Å². The Morgan fingerprint density at radius 2 is 1.61 bits per heavy atom. The fraction of sp³-hybridized carbons (Fsp3) is 0.0909. The molecule has 0 radical (unpaired) electrons. The van der Waals surface area contributed by atoms with Crippen molar-refractivity contribution in [3.8, 4) is 0 Å². The maximum absolute atomic E-state index is 11.4. The predicted octanol–water partition coefficient (Wildman–Crippen LogP) is 0.786. The largest absolute Gasteiger partial charge is 0.478 e. The number of hydrogen-bond acceptors (Lipinski definition) is 5. The summed E-state index contributed by atoms with van der Waals surface area (Å²) in [6.45, 7) is 0.990. The highest BCUT2D eigenvalue weighted by Crippen LogP contribution is 2.14. The van der Waals surface area contributed by atoms with Gasteiger partial charge in [-0.25, -0.2) is 14.4 Å². The van der Waals surface area contributed by atoms with E-state index in [1.54, 1.807) is 0 Å². The van der Waals surface area contributed by atoms with Crippen molar-refractivity contribution in [1.29, 1.82) is 0 Å². The quantitative estimate of drug-likeness (QED) is 0.602. The van der Waals surface area contributed by atoms with Crippen LogP contribution in [0.15, 0.2) is 18.2 Å². The van der Waals surface area contributed by atoms with Gasteiger partial charge in [0.15, 0.2) is 0 Å². The van der Waals surface area contributed by atoms with E-state index in [9.17, 15) is 19.2 Å². The fourth-order valence-electron chi connectivity index (χ4n) is 1.22. The van der Waals surface area contributed by atoms with Gasteiger partial charge in [-0.05, 0) is 18.2 Å². The summed E-state index contributed by atoms with van der Waals surface area (Å²) in [5, 5.41) is 17.6. The van der Waals surface area contributed by atoms with E-state index in [0.717, 1.165) is 25.1 Å². The first kappa shape index (κ1) is 13.4. The van der Waals surface area contributed by atoms with E-state index in [1.165, 1.54) is 0 Å². The Balaban J connectivity index is 3.27. The Kier molecular flexibility index (Phi) is 3.78. The lowest BCUT2D eigenvalue weighted by atomic mass is 10.0. The minimum Gasteiger partial charge on any atom is -0.478 e. The maximum Gasteiger partial charge on any atom is 0.346 e. The van der Waals surface area contributed by atoms with Crippen LogP contribution in [-0.4, -0.2) is 34.1 Å². The second kappa shape index (κ2) is 5.09. The molecule has 0 aliphatic heterocycles. The van der Waals surface area contributed by atoms with Crippen LogP contribution >= 0.6 is 0 Å². The first-order valence-electron chi connectivity index (χ1n) is 4.66. The van der Waals surface area contributed by atoms with Crippen LogP contribution in [-0.2, 0) is 9.53 Å². The maximum atomic E-state index is 11.4. The Labute approximate surface area is 101 Å². The zero-order valence-electron chi connectivity index (χ0n) is 9.17. The van der Waals surface area contributed by atoms with E-state index in [1.807, 2.05) is 0 Å². The molecule has 0 aromatic heterocycles. The number of rotatable bonds is 3. The molecule has 0 atom stereocenters. The van der Waals surface area contributed by atoms with Crippen molar-refractivity contribution in [3.05, 3.63) is 34.9 Å². The molecule has 0 amide bonds. The van der Waals surface area contributed by atoms with Crippen LogP contribution in [0.3, 0.4) is 0 Å². The van der Waals surface area contributed by atoms with E-state index < -0.39 is 29.4 Å². The molecular formula is C11H8O7. The summed E-state index contributed by atoms with van der Waals surface area (Å²) < 4.78 is 4.24. The van der Waals surface area contributed by atoms with Crippen molar-refractivity contribution in [3.63, 3.8) is 0 Å². The van der Waals surface area contributed by atoms with Crippen LogP contribution in [0, 0.1) is 0 Å². The molecule has 2 N–H and O–H groups in total. The second-order valence-electron chi connectivity index (χ2n) is 3.25. The third-order valence-corrected chi connectivity index (χ3v) is 1.95. The van der Waals surface area contributed by atoms with Crippen LogP contribution in [0.1, 0.15) is 38.0 Å². The first-order valence-corrected chi connectivity index (χ1v) is 4.66. The summed E-state index contributed by atoms with van der Waals surface area (Å²) >= 11 is 0. The van der Waals surface area contributed by atoms with Crippen LogP contribution < -0.4 is 0 Å². The van der Waals surface area contributed by atoms with E-state index in [-0.39, 0.29) is 11.1 Å². The predicted molar refractivity (Wildman–Crippen MR) is 56.5 cm³/mol. The van der Waals surface area contributed by atoms with Gasteiger partial charge >= 0.3 is 23.9 Å². The summed E-state index contributed by atoms with van der Waals surface area (Å²) in [5.41, 5.74) is -1.21. The fourth-order valence-corrected chi connectivity index (χ4v) is 1.22. The molecule has 0 unspecified atom stereocenters. The van der Waals surface area contributed by atoms with Gasteiger partial charge in [-0.1, -0.05) is 0 Å². The average Bonchev–Trinajstić information content (AvgIpc) is 2.26. The minimum absolute atomic E-state index is 0.285. The van der Waals surface area contributed by atoms with E-state index >= 15 is 0 Å². The highest BCUT2D eigenvalue weighted by molar-refractivity contribution is 6.06. The van der Waals surface area contributed by atoms with Gasteiger partial charge in [-0.2, -0.15) is 0 Å². The molecule has 0 saturated carbocycles. The van der Waals surface area contributed by atoms with Gasteiger partial charge in [0.2, 0.25) is 0 Å². The van der Waals surface area contributed by atoms with E-state index in [0.29, 0.717) is 0 Å². The van der Waals surface area contributed by atoms with Crippen LogP contribution in [0.2, 0.25) is 0 Å². The monoisotopic (exact) mass is 252 g/mol. The number of carboxylic acid groups (broad SMARTS) is 2. The average molecular weight is 252 g/mol. The van der Waals surface area contributed by atoms with Gasteiger partial charge in [0.25, 0.3) is 0 Å². The highest BCUT2D eigenvalue weighted by Gasteiger charge is 2.21. The molecule has 7 nitrogen and oxygen atoms in total. The standard InChI is InChI=1S/C11H8O7/c1-5(12)18-11(17)7-3-2-6(9(13)14)4-8(7)10(15)16/h2-4H,1H3,(H,13,14)(H,15,16). The SMILES string of the molecule is CC(=O)OC(=O)c1ccc(C(=O)O)cc1C(=O)O. The number of ether oxygens (including phenoxy) is 1. The molecular weight excluding hydrogens is 244 g/mol. The Morgan fingerprint density at radius 1 is 1.00 bits per heavy atom. The summed E-state index contributed by atoms with van der Waals surface area (Å²) in [6.07, 6.45) is 0. The molecule has 94 valence electrons. The first-order chi connectivity index (χ1) is 8.32. The molecule has 7 heteroatoms. The smallest absolute Gasteiger partial charge is 0.346 e. The highest BCUT2D eigenvalue weighted by atomic mass is 16.6. The van der Waals surface area contributed by atoms with Gasteiger partial charge < -0.3 is 14.9 Å². The van der Waals surface area contributed by atoms with E-state index in [2.05, 4.69) is 4.74 Å². The number of carboxylic acids is 2. The molecule has 0 spiro atoms. The molecule has 1 rings (SSSR count). The zero-order chi connectivity index (χ0) is 13.9. The van der Waals surface area contributed by atoms with Gasteiger partial charge in [0, 0.05) is 6.92 Å². The number of hydrogen-bond donors (Lipinski definition) is 2. The number of esters is 2. The Hall–Kier alpha value is -2.70. The normalized spacial score (nSPS) is 9.61. The topological polar surface area (TPSA) is 118 Å². The van der Waals surface area contributed by atoms with Crippen molar-refractivity contribution < 1.29 is 34.1 Å². The lowest BCUT2D eigenvalue weighted by Crippen LogP contribution is -2.15. The van der Waals surface area contributed by atoms with Crippen molar-refractivity contribution >= 4 is 23.9 Å². The van der Waals surface area contributed by atoms with Gasteiger partial charge in [0.1, 0.15) is 0 Å². The van der Waals surface area contributed by atoms with Gasteiger partial charge in [0.05, 0.1) is 16.7 Å². The zero-order valence-corrected chi connectivity index (χ0v) is 9.17. The number of carbonyl (C=O) groups is 4. The minimum atomic E-state index is -1.49. The molecule has 0 fully saturated rings. The Bertz CT molecular complexity index is 544. The third-order valence-electron chi connectivity index (χ3n) is 1.95. The van der Waals surface area contributed by atoms with Gasteiger partial charge in [-0.15, -0.1) is 0 Å². The lowest BCUT2D eigenvalue weighted by Gasteiger charge is -2.05. The van der Waals surface area contributed by atoms with E-state index in [4.69, 9.17) is 10.2 Å². The number of benzene rings is 1. The number of aromatic carboxylic acids is 2. The van der Waals surface area contributed by atoms with Gasteiger partial charge in [-0.3, -0.25) is 4.79 Å².